The lowest BCUT2D eigenvalue weighted by molar-refractivity contribution is 0.0928. The van der Waals surface area contributed by atoms with Crippen LogP contribution in [-0.2, 0) is 10.0 Å². The maximum atomic E-state index is 12.6. The number of carbonyl (C=O) groups excluding carboxylic acids is 1. The Labute approximate surface area is 160 Å². The zero-order valence-corrected chi connectivity index (χ0v) is 16.1. The zero-order chi connectivity index (χ0) is 19.4. The van der Waals surface area contributed by atoms with Crippen LogP contribution in [0.2, 0.25) is 0 Å². The summed E-state index contributed by atoms with van der Waals surface area (Å²) in [6.45, 7) is 2.40. The molecule has 1 aliphatic rings. The van der Waals surface area contributed by atoms with Crippen LogP contribution in [0.25, 0.3) is 0 Å². The van der Waals surface area contributed by atoms with Crippen molar-refractivity contribution < 1.29 is 13.2 Å². The molecule has 2 aromatic carbocycles. The monoisotopic (exact) mass is 387 g/mol. The molecule has 1 saturated carbocycles. The average Bonchev–Trinajstić information content (AvgIpc) is 3.10. The van der Waals surface area contributed by atoms with Crippen molar-refractivity contribution >= 4 is 21.6 Å². The number of sulfonamides is 1. The van der Waals surface area contributed by atoms with Crippen molar-refractivity contribution in [2.24, 2.45) is 11.7 Å². The topological polar surface area (TPSA) is 101 Å². The molecule has 27 heavy (non-hydrogen) atoms. The number of anilines is 1. The highest BCUT2D eigenvalue weighted by atomic mass is 32.2. The quantitative estimate of drug-likeness (QED) is 0.709. The van der Waals surface area contributed by atoms with Crippen LogP contribution in [-0.4, -0.2) is 26.9 Å². The molecule has 2 unspecified atom stereocenters. The smallest absolute Gasteiger partial charge is 0.261 e. The molecule has 0 radical (unpaired) electrons. The summed E-state index contributed by atoms with van der Waals surface area (Å²) in [5.41, 5.74) is 7.56. The van der Waals surface area contributed by atoms with Crippen LogP contribution in [0, 0.1) is 12.8 Å². The van der Waals surface area contributed by atoms with Gasteiger partial charge in [0.25, 0.3) is 15.9 Å². The van der Waals surface area contributed by atoms with Gasteiger partial charge in [-0.25, -0.2) is 8.42 Å². The van der Waals surface area contributed by atoms with Gasteiger partial charge < -0.3 is 11.1 Å². The third-order valence-corrected chi connectivity index (χ3v) is 6.48. The molecular weight excluding hydrogens is 362 g/mol. The van der Waals surface area contributed by atoms with Crippen LogP contribution in [0.15, 0.2) is 53.4 Å². The Kier molecular flexibility index (Phi) is 5.82. The number of carbonyl (C=O) groups is 1. The fourth-order valence-electron chi connectivity index (χ4n) is 3.44. The van der Waals surface area contributed by atoms with Crippen LogP contribution < -0.4 is 15.8 Å². The van der Waals surface area contributed by atoms with Crippen molar-refractivity contribution in [3.63, 3.8) is 0 Å². The minimum atomic E-state index is -3.71. The molecule has 2 aromatic rings. The molecule has 7 heteroatoms. The number of nitrogens with one attached hydrogen (secondary N) is 2. The summed E-state index contributed by atoms with van der Waals surface area (Å²) in [5, 5.41) is 3.02. The molecule has 1 amide bonds. The van der Waals surface area contributed by atoms with E-state index in [-0.39, 0.29) is 16.8 Å². The number of nitrogens with two attached hydrogens (primary N) is 1. The third-order valence-electron chi connectivity index (χ3n) is 5.09. The van der Waals surface area contributed by atoms with Gasteiger partial charge in [-0.3, -0.25) is 9.52 Å². The predicted molar refractivity (Wildman–Crippen MR) is 106 cm³/mol. The first-order chi connectivity index (χ1) is 12.9. The minimum absolute atomic E-state index is 0.0913. The molecule has 3 rings (SSSR count). The Hall–Kier alpha value is -2.38. The number of amides is 1. The van der Waals surface area contributed by atoms with E-state index < -0.39 is 10.0 Å². The lowest BCUT2D eigenvalue weighted by atomic mass is 10.0. The van der Waals surface area contributed by atoms with Crippen LogP contribution in [0.3, 0.4) is 0 Å². The highest BCUT2D eigenvalue weighted by molar-refractivity contribution is 7.92. The van der Waals surface area contributed by atoms with Crippen molar-refractivity contribution in [3.8, 4) is 0 Å². The van der Waals surface area contributed by atoms with E-state index in [1.165, 1.54) is 24.3 Å². The Morgan fingerprint density at radius 2 is 1.81 bits per heavy atom. The van der Waals surface area contributed by atoms with Crippen molar-refractivity contribution in [1.82, 2.24) is 5.32 Å². The molecule has 1 aliphatic carbocycles. The molecule has 2 atom stereocenters. The molecule has 0 saturated heterocycles. The first-order valence-electron chi connectivity index (χ1n) is 9.10. The maximum absolute atomic E-state index is 12.6. The Balaban J connectivity index is 1.71. The largest absolute Gasteiger partial charge is 0.349 e. The van der Waals surface area contributed by atoms with Crippen LogP contribution in [0.4, 0.5) is 5.69 Å². The first kappa shape index (κ1) is 19.4. The number of aryl methyl sites for hydroxylation is 1. The van der Waals surface area contributed by atoms with Crippen molar-refractivity contribution in [3.05, 3.63) is 59.7 Å². The van der Waals surface area contributed by atoms with Gasteiger partial charge in [0.05, 0.1) is 10.6 Å². The number of hydrogen-bond acceptors (Lipinski definition) is 4. The molecule has 144 valence electrons. The van der Waals surface area contributed by atoms with Gasteiger partial charge in [-0.05, 0) is 68.1 Å². The summed E-state index contributed by atoms with van der Waals surface area (Å²) in [5.74, 6) is 0.114. The van der Waals surface area contributed by atoms with Crippen molar-refractivity contribution in [2.75, 3.05) is 11.3 Å². The third kappa shape index (κ3) is 4.48. The average molecular weight is 388 g/mol. The van der Waals surface area contributed by atoms with E-state index in [4.69, 9.17) is 5.73 Å². The fourth-order valence-corrected chi connectivity index (χ4v) is 4.57. The maximum Gasteiger partial charge on any atom is 0.261 e. The van der Waals surface area contributed by atoms with E-state index >= 15 is 0 Å². The summed E-state index contributed by atoms with van der Waals surface area (Å²) >= 11 is 0. The normalized spacial score (nSPS) is 19.6. The second-order valence-electron chi connectivity index (χ2n) is 6.95. The van der Waals surface area contributed by atoms with Gasteiger partial charge in [-0.15, -0.1) is 0 Å². The van der Waals surface area contributed by atoms with Crippen LogP contribution >= 0.6 is 0 Å². The summed E-state index contributed by atoms with van der Waals surface area (Å²) in [4.78, 5) is 12.6. The highest BCUT2D eigenvalue weighted by Crippen LogP contribution is 2.25. The van der Waals surface area contributed by atoms with Gasteiger partial charge in [0.2, 0.25) is 0 Å². The molecule has 0 spiro atoms. The van der Waals surface area contributed by atoms with Gasteiger partial charge in [0.1, 0.15) is 0 Å². The molecule has 0 bridgehead atoms. The molecule has 0 aliphatic heterocycles. The van der Waals surface area contributed by atoms with Gasteiger partial charge in [-0.1, -0.05) is 24.6 Å². The van der Waals surface area contributed by atoms with Gasteiger partial charge in [-0.2, -0.15) is 0 Å². The minimum Gasteiger partial charge on any atom is -0.349 e. The lowest BCUT2D eigenvalue weighted by Gasteiger charge is -2.19. The van der Waals surface area contributed by atoms with E-state index in [1.807, 2.05) is 19.1 Å². The number of para-hydroxylation sites is 1. The summed E-state index contributed by atoms with van der Waals surface area (Å²) in [6, 6.07) is 13.2. The van der Waals surface area contributed by atoms with Crippen molar-refractivity contribution in [2.45, 2.75) is 37.1 Å². The van der Waals surface area contributed by atoms with E-state index in [0.29, 0.717) is 23.7 Å². The van der Waals surface area contributed by atoms with Crippen LogP contribution in [0.5, 0.6) is 0 Å². The van der Waals surface area contributed by atoms with Gasteiger partial charge >= 0.3 is 0 Å². The summed E-state index contributed by atoms with van der Waals surface area (Å²) in [6.07, 6.45) is 3.03. The standard InChI is InChI=1S/C20H25N3O3S/c1-14-5-2-3-7-18(14)23-27(25,26)17-11-9-15(10-12-17)20(24)22-19-8-4-6-16(19)13-21/h2-3,5,7,9-12,16,19,23H,4,6,8,13,21H2,1H3,(H,22,24). The lowest BCUT2D eigenvalue weighted by Crippen LogP contribution is -2.39. The van der Waals surface area contributed by atoms with E-state index in [1.54, 1.807) is 12.1 Å². The predicted octanol–water partition coefficient (Wildman–Crippen LogP) is 2.65. The first-order valence-corrected chi connectivity index (χ1v) is 10.6. The second kappa shape index (κ2) is 8.10. The highest BCUT2D eigenvalue weighted by Gasteiger charge is 2.27. The number of rotatable bonds is 6. The number of benzene rings is 2. The molecular formula is C20H25N3O3S. The summed E-state index contributed by atoms with van der Waals surface area (Å²) < 4.78 is 27.7. The Morgan fingerprint density at radius 3 is 2.48 bits per heavy atom. The van der Waals surface area contributed by atoms with E-state index in [0.717, 1.165) is 24.8 Å². The fraction of sp³-hybridized carbons (Fsp3) is 0.350. The van der Waals surface area contributed by atoms with Crippen LogP contribution in [0.1, 0.15) is 35.2 Å². The Bertz CT molecular complexity index is 910. The van der Waals surface area contributed by atoms with E-state index in [9.17, 15) is 13.2 Å². The summed E-state index contributed by atoms with van der Waals surface area (Å²) in [7, 11) is -3.71. The Morgan fingerprint density at radius 1 is 1.11 bits per heavy atom. The molecule has 0 heterocycles. The molecule has 1 fully saturated rings. The van der Waals surface area contributed by atoms with Gasteiger partial charge in [0.15, 0.2) is 0 Å². The molecule has 0 aromatic heterocycles. The van der Waals surface area contributed by atoms with Gasteiger partial charge in [0, 0.05) is 11.6 Å². The molecule has 6 nitrogen and oxygen atoms in total. The second-order valence-corrected chi connectivity index (χ2v) is 8.63. The van der Waals surface area contributed by atoms with Crippen molar-refractivity contribution in [1.29, 1.82) is 0 Å². The number of hydrogen-bond donors (Lipinski definition) is 3. The molecule has 4 N–H and O–H groups in total. The van der Waals surface area contributed by atoms with E-state index in [2.05, 4.69) is 10.0 Å². The zero-order valence-electron chi connectivity index (χ0n) is 15.3. The SMILES string of the molecule is Cc1ccccc1NS(=O)(=O)c1ccc(C(=O)NC2CCCC2CN)cc1.